The summed E-state index contributed by atoms with van der Waals surface area (Å²) in [5.41, 5.74) is 1.12. The molecule has 4 heteroatoms. The zero-order valence-corrected chi connectivity index (χ0v) is 12.0. The molecule has 18 heavy (non-hydrogen) atoms. The van der Waals surface area contributed by atoms with Crippen molar-refractivity contribution in [3.05, 3.63) is 28.2 Å². The zero-order valence-electron chi connectivity index (χ0n) is 10.5. The van der Waals surface area contributed by atoms with Crippen LogP contribution in [0.1, 0.15) is 25.7 Å². The van der Waals surface area contributed by atoms with Crippen molar-refractivity contribution in [2.45, 2.75) is 43.8 Å². The Labute approximate surface area is 118 Å². The second-order valence-electron chi connectivity index (χ2n) is 5.32. The Morgan fingerprint density at radius 2 is 1.83 bits per heavy atom. The summed E-state index contributed by atoms with van der Waals surface area (Å²) in [6.45, 7) is 0. The molecule has 1 N–H and O–H groups in total. The van der Waals surface area contributed by atoms with Gasteiger partial charge in [0.2, 0.25) is 0 Å². The van der Waals surface area contributed by atoms with E-state index in [1.54, 1.807) is 0 Å². The van der Waals surface area contributed by atoms with Crippen LogP contribution in [0, 0.1) is 0 Å². The molecular weight excluding hydrogens is 267 g/mol. The Kier molecular flexibility index (Phi) is 3.44. The van der Waals surface area contributed by atoms with Crippen LogP contribution in [0.25, 0.3) is 0 Å². The average Bonchev–Trinajstić information content (AvgIpc) is 2.63. The van der Waals surface area contributed by atoms with Gasteiger partial charge in [-0.3, -0.25) is 0 Å². The van der Waals surface area contributed by atoms with Crippen molar-refractivity contribution in [2.24, 2.45) is 0 Å². The van der Waals surface area contributed by atoms with Crippen LogP contribution in [-0.4, -0.2) is 25.2 Å². The van der Waals surface area contributed by atoms with Gasteiger partial charge in [-0.1, -0.05) is 29.3 Å². The van der Waals surface area contributed by atoms with Gasteiger partial charge in [-0.2, -0.15) is 0 Å². The first-order valence-electron chi connectivity index (χ1n) is 6.60. The number of hydrogen-bond donors (Lipinski definition) is 1. The van der Waals surface area contributed by atoms with Crippen LogP contribution < -0.4 is 10.2 Å². The number of hydrogen-bond acceptors (Lipinski definition) is 2. The molecule has 2 heterocycles. The summed E-state index contributed by atoms with van der Waals surface area (Å²) in [7, 11) is 2.06. The molecule has 2 saturated heterocycles. The highest BCUT2D eigenvalue weighted by atomic mass is 35.5. The van der Waals surface area contributed by atoms with Gasteiger partial charge in [0.15, 0.2) is 0 Å². The van der Waals surface area contributed by atoms with Crippen LogP contribution >= 0.6 is 23.2 Å². The van der Waals surface area contributed by atoms with Gasteiger partial charge in [0, 0.05) is 18.1 Å². The second kappa shape index (κ2) is 4.92. The quantitative estimate of drug-likeness (QED) is 0.891. The molecule has 2 unspecified atom stereocenters. The van der Waals surface area contributed by atoms with Gasteiger partial charge < -0.3 is 10.2 Å². The van der Waals surface area contributed by atoms with E-state index in [4.69, 9.17) is 23.2 Å². The molecule has 98 valence electrons. The van der Waals surface area contributed by atoms with Crippen LogP contribution in [0.5, 0.6) is 0 Å². The molecule has 0 aliphatic carbocycles. The number of piperidine rings is 1. The third kappa shape index (κ3) is 2.01. The summed E-state index contributed by atoms with van der Waals surface area (Å²) in [6.07, 6.45) is 4.95. The Morgan fingerprint density at radius 1 is 1.17 bits per heavy atom. The Balaban J connectivity index is 1.92. The number of rotatable bonds is 2. The van der Waals surface area contributed by atoms with Crippen LogP contribution in [0.2, 0.25) is 10.0 Å². The SMILES string of the molecule is CNC1CC2CCC(C1)N2c1cccc(Cl)c1Cl. The molecule has 2 bridgehead atoms. The lowest BCUT2D eigenvalue weighted by atomic mass is 9.97. The van der Waals surface area contributed by atoms with E-state index in [0.29, 0.717) is 28.2 Å². The molecule has 0 saturated carbocycles. The lowest BCUT2D eigenvalue weighted by molar-refractivity contribution is 0.374. The molecule has 2 nitrogen and oxygen atoms in total. The average molecular weight is 285 g/mol. The van der Waals surface area contributed by atoms with Crippen LogP contribution in [-0.2, 0) is 0 Å². The minimum atomic E-state index is 0.608. The molecule has 2 aliphatic heterocycles. The van der Waals surface area contributed by atoms with E-state index in [9.17, 15) is 0 Å². The van der Waals surface area contributed by atoms with E-state index in [2.05, 4.69) is 23.3 Å². The number of nitrogens with zero attached hydrogens (tertiary/aromatic N) is 1. The van der Waals surface area contributed by atoms with Gasteiger partial charge in [-0.05, 0) is 44.9 Å². The highest BCUT2D eigenvalue weighted by Gasteiger charge is 2.41. The number of halogens is 2. The summed E-state index contributed by atoms with van der Waals surface area (Å²) in [4.78, 5) is 2.50. The second-order valence-corrected chi connectivity index (χ2v) is 6.11. The van der Waals surface area contributed by atoms with Gasteiger partial charge in [0.25, 0.3) is 0 Å². The van der Waals surface area contributed by atoms with Crippen molar-refractivity contribution >= 4 is 28.9 Å². The summed E-state index contributed by atoms with van der Waals surface area (Å²) in [5.74, 6) is 0. The Bertz CT molecular complexity index is 435. The maximum atomic E-state index is 6.37. The number of fused-ring (bicyclic) bond motifs is 2. The van der Waals surface area contributed by atoms with E-state index in [-0.39, 0.29) is 0 Å². The van der Waals surface area contributed by atoms with Crippen LogP contribution in [0.15, 0.2) is 18.2 Å². The fourth-order valence-corrected chi connectivity index (χ4v) is 3.89. The first-order valence-corrected chi connectivity index (χ1v) is 7.36. The van der Waals surface area contributed by atoms with Gasteiger partial charge in [-0.15, -0.1) is 0 Å². The van der Waals surface area contributed by atoms with E-state index in [0.717, 1.165) is 5.69 Å². The van der Waals surface area contributed by atoms with E-state index >= 15 is 0 Å². The van der Waals surface area contributed by atoms with Crippen molar-refractivity contribution in [2.75, 3.05) is 11.9 Å². The molecule has 2 fully saturated rings. The van der Waals surface area contributed by atoms with Crippen molar-refractivity contribution in [1.29, 1.82) is 0 Å². The van der Waals surface area contributed by atoms with Gasteiger partial charge in [-0.25, -0.2) is 0 Å². The fourth-order valence-electron chi connectivity index (χ4n) is 3.50. The summed E-state index contributed by atoms with van der Waals surface area (Å²) in [6, 6.07) is 7.81. The molecule has 1 aromatic carbocycles. The van der Waals surface area contributed by atoms with E-state index in [1.807, 2.05) is 12.1 Å². The maximum absolute atomic E-state index is 6.37. The predicted molar refractivity (Wildman–Crippen MR) is 77.8 cm³/mol. The first kappa shape index (κ1) is 12.6. The summed E-state index contributed by atoms with van der Waals surface area (Å²) < 4.78 is 0. The summed E-state index contributed by atoms with van der Waals surface area (Å²) >= 11 is 12.5. The van der Waals surface area contributed by atoms with Gasteiger partial charge >= 0.3 is 0 Å². The third-order valence-electron chi connectivity index (χ3n) is 4.35. The smallest absolute Gasteiger partial charge is 0.0825 e. The van der Waals surface area contributed by atoms with E-state index in [1.165, 1.54) is 25.7 Å². The lowest BCUT2D eigenvalue weighted by Gasteiger charge is -2.41. The highest BCUT2D eigenvalue weighted by molar-refractivity contribution is 6.43. The molecule has 0 aromatic heterocycles. The van der Waals surface area contributed by atoms with Crippen molar-refractivity contribution in [3.63, 3.8) is 0 Å². The lowest BCUT2D eigenvalue weighted by Crippen LogP contribution is -2.48. The monoisotopic (exact) mass is 284 g/mol. The molecule has 2 aliphatic rings. The van der Waals surface area contributed by atoms with Gasteiger partial charge in [0.1, 0.15) is 0 Å². The standard InChI is InChI=1S/C14H18Cl2N2/c1-17-9-7-10-5-6-11(8-9)18(10)13-4-2-3-12(15)14(13)16/h2-4,9-11,17H,5-8H2,1H3. The molecule has 1 aromatic rings. The van der Waals surface area contributed by atoms with E-state index < -0.39 is 0 Å². The Morgan fingerprint density at radius 3 is 2.44 bits per heavy atom. The van der Waals surface area contributed by atoms with Gasteiger partial charge in [0.05, 0.1) is 15.7 Å². The predicted octanol–water partition coefficient (Wildman–Crippen LogP) is 3.71. The molecule has 2 atom stereocenters. The first-order chi connectivity index (χ1) is 8.70. The minimum Gasteiger partial charge on any atom is -0.364 e. The number of benzene rings is 1. The molecule has 3 rings (SSSR count). The van der Waals surface area contributed by atoms with Crippen LogP contribution in [0.3, 0.4) is 0 Å². The Hall–Kier alpha value is -0.440. The number of nitrogens with one attached hydrogen (secondary N) is 1. The molecule has 0 radical (unpaired) electrons. The maximum Gasteiger partial charge on any atom is 0.0825 e. The van der Waals surface area contributed by atoms with Crippen molar-refractivity contribution < 1.29 is 0 Å². The normalized spacial score (nSPS) is 30.8. The number of anilines is 1. The summed E-state index contributed by atoms with van der Waals surface area (Å²) in [5, 5.41) is 4.78. The highest BCUT2D eigenvalue weighted by Crippen LogP contribution is 2.43. The van der Waals surface area contributed by atoms with Crippen molar-refractivity contribution in [3.8, 4) is 0 Å². The molecule has 0 spiro atoms. The molecule has 0 amide bonds. The largest absolute Gasteiger partial charge is 0.364 e. The fraction of sp³-hybridized carbons (Fsp3) is 0.571. The van der Waals surface area contributed by atoms with Crippen LogP contribution in [0.4, 0.5) is 5.69 Å². The zero-order chi connectivity index (χ0) is 12.7. The van der Waals surface area contributed by atoms with Crippen molar-refractivity contribution in [1.82, 2.24) is 5.32 Å². The molecular formula is C14H18Cl2N2. The minimum absolute atomic E-state index is 0.608. The third-order valence-corrected chi connectivity index (χ3v) is 5.16. The topological polar surface area (TPSA) is 15.3 Å².